The van der Waals surface area contributed by atoms with Crippen molar-refractivity contribution in [3.8, 4) is 0 Å². The van der Waals surface area contributed by atoms with E-state index in [0.717, 1.165) is 45.0 Å². The average molecular weight is 486 g/mol. The molecule has 152 valence electrons. The molecule has 2 N–H and O–H groups in total. The third kappa shape index (κ3) is 8.07. The van der Waals surface area contributed by atoms with Crippen molar-refractivity contribution in [2.24, 2.45) is 4.99 Å². The van der Waals surface area contributed by atoms with E-state index in [1.807, 2.05) is 4.90 Å². The molecular formula is C21H35IN4O. The van der Waals surface area contributed by atoms with Crippen LogP contribution in [0.4, 0.5) is 0 Å². The Kier molecular flexibility index (Phi) is 10.1. The molecule has 6 heteroatoms. The Labute approximate surface area is 181 Å². The number of aliphatic imine (C=N–C) groups is 1. The number of hydrogen-bond acceptors (Lipinski definition) is 2. The van der Waals surface area contributed by atoms with Crippen LogP contribution in [0.2, 0.25) is 0 Å². The Bertz CT molecular complexity index is 608. The van der Waals surface area contributed by atoms with Crippen LogP contribution in [0.1, 0.15) is 58.1 Å². The highest BCUT2D eigenvalue weighted by Gasteiger charge is 2.18. The summed E-state index contributed by atoms with van der Waals surface area (Å²) in [5.41, 5.74) is 2.72. The number of guanidine groups is 1. The van der Waals surface area contributed by atoms with Crippen molar-refractivity contribution < 1.29 is 4.79 Å². The fourth-order valence-electron chi connectivity index (χ4n) is 3.04. The van der Waals surface area contributed by atoms with Crippen LogP contribution in [-0.4, -0.2) is 42.9 Å². The standard InChI is InChI=1S/C21H34N4O.HI/c1-5-22-20(23-13-7-15-25-14-6-8-19(25)26)24-16-17-9-11-18(12-10-17)21(2,3)4;/h9-12H,5-8,13-16H2,1-4H3,(H2,22,23,24);1H. The first kappa shape index (κ1) is 23.7. The first-order valence-corrected chi connectivity index (χ1v) is 9.79. The number of benzene rings is 1. The van der Waals surface area contributed by atoms with Crippen molar-refractivity contribution in [3.63, 3.8) is 0 Å². The van der Waals surface area contributed by atoms with Gasteiger partial charge in [0.05, 0.1) is 6.54 Å². The Morgan fingerprint density at radius 1 is 1.19 bits per heavy atom. The molecule has 1 heterocycles. The molecule has 0 radical (unpaired) electrons. The van der Waals surface area contributed by atoms with E-state index in [1.54, 1.807) is 0 Å². The van der Waals surface area contributed by atoms with E-state index in [9.17, 15) is 4.79 Å². The predicted octanol–water partition coefficient (Wildman–Crippen LogP) is 3.67. The van der Waals surface area contributed by atoms with E-state index in [2.05, 4.69) is 67.6 Å². The van der Waals surface area contributed by atoms with Crippen LogP contribution in [0.25, 0.3) is 0 Å². The van der Waals surface area contributed by atoms with Crippen molar-refractivity contribution in [2.45, 2.75) is 58.9 Å². The lowest BCUT2D eigenvalue weighted by Crippen LogP contribution is -2.39. The molecule has 0 saturated carbocycles. The molecule has 5 nitrogen and oxygen atoms in total. The highest BCUT2D eigenvalue weighted by Crippen LogP contribution is 2.22. The van der Waals surface area contributed by atoms with E-state index < -0.39 is 0 Å². The van der Waals surface area contributed by atoms with Gasteiger partial charge < -0.3 is 15.5 Å². The summed E-state index contributed by atoms with van der Waals surface area (Å²) in [4.78, 5) is 18.3. The van der Waals surface area contributed by atoms with Crippen LogP contribution >= 0.6 is 24.0 Å². The second-order valence-corrected chi connectivity index (χ2v) is 7.91. The maximum absolute atomic E-state index is 11.6. The number of halogens is 1. The molecule has 0 aromatic heterocycles. The second kappa shape index (κ2) is 11.5. The molecule has 1 amide bonds. The van der Waals surface area contributed by atoms with Gasteiger partial charge in [-0.3, -0.25) is 4.79 Å². The number of rotatable bonds is 7. The molecule has 27 heavy (non-hydrogen) atoms. The average Bonchev–Trinajstić information content (AvgIpc) is 3.01. The largest absolute Gasteiger partial charge is 0.357 e. The first-order valence-electron chi connectivity index (χ1n) is 9.79. The monoisotopic (exact) mass is 486 g/mol. The van der Waals surface area contributed by atoms with Gasteiger partial charge in [0.1, 0.15) is 0 Å². The van der Waals surface area contributed by atoms with Gasteiger partial charge in [-0.1, -0.05) is 45.0 Å². The van der Waals surface area contributed by atoms with E-state index in [1.165, 1.54) is 11.1 Å². The van der Waals surface area contributed by atoms with Crippen LogP contribution in [0, 0.1) is 0 Å². The van der Waals surface area contributed by atoms with Crippen molar-refractivity contribution in [1.82, 2.24) is 15.5 Å². The van der Waals surface area contributed by atoms with Gasteiger partial charge in [-0.25, -0.2) is 4.99 Å². The van der Waals surface area contributed by atoms with Gasteiger partial charge >= 0.3 is 0 Å². The summed E-state index contributed by atoms with van der Waals surface area (Å²) < 4.78 is 0. The molecule has 2 rings (SSSR count). The maximum Gasteiger partial charge on any atom is 0.222 e. The van der Waals surface area contributed by atoms with Crippen molar-refractivity contribution in [1.29, 1.82) is 0 Å². The Morgan fingerprint density at radius 2 is 1.89 bits per heavy atom. The molecule has 1 aromatic rings. The predicted molar refractivity (Wildman–Crippen MR) is 124 cm³/mol. The fraction of sp³-hybridized carbons (Fsp3) is 0.619. The van der Waals surface area contributed by atoms with Crippen LogP contribution in [0.5, 0.6) is 0 Å². The van der Waals surface area contributed by atoms with Crippen molar-refractivity contribution in [3.05, 3.63) is 35.4 Å². The van der Waals surface area contributed by atoms with Gasteiger partial charge in [-0.05, 0) is 36.3 Å². The zero-order chi connectivity index (χ0) is 19.0. The molecule has 1 aliphatic heterocycles. The molecule has 0 spiro atoms. The lowest BCUT2D eigenvalue weighted by molar-refractivity contribution is -0.127. The van der Waals surface area contributed by atoms with Crippen LogP contribution in [0.3, 0.4) is 0 Å². The van der Waals surface area contributed by atoms with Crippen LogP contribution in [-0.2, 0) is 16.8 Å². The SMILES string of the molecule is CCNC(=NCc1ccc(C(C)(C)C)cc1)NCCCN1CCCC1=O.I. The van der Waals surface area contributed by atoms with E-state index >= 15 is 0 Å². The number of carbonyl (C=O) groups is 1. The summed E-state index contributed by atoms with van der Waals surface area (Å²) in [6.07, 6.45) is 2.66. The van der Waals surface area contributed by atoms with Crippen LogP contribution < -0.4 is 10.6 Å². The van der Waals surface area contributed by atoms with E-state index in [-0.39, 0.29) is 29.4 Å². The molecule has 0 aliphatic carbocycles. The normalized spacial score (nSPS) is 14.9. The number of nitrogens with one attached hydrogen (secondary N) is 2. The molecule has 0 bridgehead atoms. The minimum absolute atomic E-state index is 0. The first-order chi connectivity index (χ1) is 12.4. The molecule has 0 atom stereocenters. The van der Waals surface area contributed by atoms with Crippen molar-refractivity contribution in [2.75, 3.05) is 26.2 Å². The quantitative estimate of drug-likeness (QED) is 0.268. The summed E-state index contributed by atoms with van der Waals surface area (Å²) in [5.74, 6) is 1.13. The second-order valence-electron chi connectivity index (χ2n) is 7.91. The highest BCUT2D eigenvalue weighted by atomic mass is 127. The van der Waals surface area contributed by atoms with E-state index in [4.69, 9.17) is 0 Å². The number of hydrogen-bond donors (Lipinski definition) is 2. The summed E-state index contributed by atoms with van der Waals surface area (Å²) in [6, 6.07) is 8.70. The molecule has 1 saturated heterocycles. The van der Waals surface area contributed by atoms with Gasteiger partial charge in [0.25, 0.3) is 0 Å². The lowest BCUT2D eigenvalue weighted by Gasteiger charge is -2.19. The van der Waals surface area contributed by atoms with E-state index in [0.29, 0.717) is 18.9 Å². The minimum atomic E-state index is 0. The van der Waals surface area contributed by atoms with Crippen molar-refractivity contribution >= 4 is 35.8 Å². The smallest absolute Gasteiger partial charge is 0.222 e. The number of carbonyl (C=O) groups excluding carboxylic acids is 1. The third-order valence-electron chi connectivity index (χ3n) is 4.65. The topological polar surface area (TPSA) is 56.7 Å². The van der Waals surface area contributed by atoms with Gasteiger partial charge in [-0.15, -0.1) is 24.0 Å². The maximum atomic E-state index is 11.6. The Morgan fingerprint density at radius 3 is 2.44 bits per heavy atom. The third-order valence-corrected chi connectivity index (χ3v) is 4.65. The summed E-state index contributed by atoms with van der Waals surface area (Å²) >= 11 is 0. The summed E-state index contributed by atoms with van der Waals surface area (Å²) in [5, 5.41) is 6.65. The minimum Gasteiger partial charge on any atom is -0.357 e. The van der Waals surface area contributed by atoms with Gasteiger partial charge in [0.2, 0.25) is 5.91 Å². The highest BCUT2D eigenvalue weighted by molar-refractivity contribution is 14.0. The number of likely N-dealkylation sites (tertiary alicyclic amines) is 1. The zero-order valence-corrected chi connectivity index (χ0v) is 19.5. The lowest BCUT2D eigenvalue weighted by atomic mass is 9.87. The molecule has 1 aliphatic rings. The van der Waals surface area contributed by atoms with Gasteiger partial charge in [-0.2, -0.15) is 0 Å². The van der Waals surface area contributed by atoms with Gasteiger partial charge in [0, 0.05) is 32.6 Å². The Balaban J connectivity index is 0.00000364. The fourth-order valence-corrected chi connectivity index (χ4v) is 3.04. The molecular weight excluding hydrogens is 451 g/mol. The summed E-state index contributed by atoms with van der Waals surface area (Å²) in [6.45, 7) is 12.8. The van der Waals surface area contributed by atoms with Gasteiger partial charge in [0.15, 0.2) is 5.96 Å². The summed E-state index contributed by atoms with van der Waals surface area (Å²) in [7, 11) is 0. The number of nitrogens with zero attached hydrogens (tertiary/aromatic N) is 2. The molecule has 1 fully saturated rings. The van der Waals surface area contributed by atoms with Crippen LogP contribution in [0.15, 0.2) is 29.3 Å². The molecule has 1 aromatic carbocycles. The Hall–Kier alpha value is -1.31. The number of amides is 1. The molecule has 0 unspecified atom stereocenters. The zero-order valence-electron chi connectivity index (χ0n) is 17.2.